The lowest BCUT2D eigenvalue weighted by atomic mass is 10.1. The highest BCUT2D eigenvalue weighted by Gasteiger charge is 2.20. The number of methoxy groups -OCH3 is 1. The minimum Gasteiger partial charge on any atom is -0.382 e. The molecule has 0 aliphatic heterocycles. The molecule has 0 aromatic heterocycles. The second-order valence-corrected chi connectivity index (χ2v) is 5.79. The molecule has 0 rings (SSSR count). The van der Waals surface area contributed by atoms with Crippen LogP contribution in [0.4, 0.5) is 0 Å². The van der Waals surface area contributed by atoms with E-state index in [1.54, 1.807) is 7.11 Å². The van der Waals surface area contributed by atoms with Crippen molar-refractivity contribution in [3.05, 3.63) is 0 Å². The Balaban J connectivity index is 3.83. The third-order valence-corrected chi connectivity index (χ3v) is 1.99. The van der Waals surface area contributed by atoms with Crippen molar-refractivity contribution >= 4 is 5.91 Å². The van der Waals surface area contributed by atoms with Crippen molar-refractivity contribution in [2.24, 2.45) is 0 Å². The molecule has 0 spiro atoms. The maximum atomic E-state index is 11.6. The van der Waals surface area contributed by atoms with Crippen LogP contribution in [0, 0.1) is 0 Å². The van der Waals surface area contributed by atoms with Crippen molar-refractivity contribution in [3.63, 3.8) is 0 Å². The van der Waals surface area contributed by atoms with Gasteiger partial charge in [0.1, 0.15) is 0 Å². The maximum Gasteiger partial charge on any atom is 0.221 e. The molecule has 0 aromatic carbocycles. The SMILES string of the molecule is COCC(C)(C)NC(=O)CCNC(C)(C)C. The molecule has 96 valence electrons. The van der Waals surface area contributed by atoms with Gasteiger partial charge in [0.05, 0.1) is 12.1 Å². The number of nitrogens with one attached hydrogen (secondary N) is 2. The maximum absolute atomic E-state index is 11.6. The van der Waals surface area contributed by atoms with E-state index in [0.717, 1.165) is 0 Å². The van der Waals surface area contributed by atoms with Gasteiger partial charge in [0.25, 0.3) is 0 Å². The molecule has 0 radical (unpaired) electrons. The summed E-state index contributed by atoms with van der Waals surface area (Å²) < 4.78 is 5.04. The molecule has 0 aromatic rings. The van der Waals surface area contributed by atoms with Crippen LogP contribution in [0.3, 0.4) is 0 Å². The summed E-state index contributed by atoms with van der Waals surface area (Å²) in [6, 6.07) is 0. The third-order valence-electron chi connectivity index (χ3n) is 1.99. The van der Waals surface area contributed by atoms with Crippen molar-refractivity contribution < 1.29 is 9.53 Å². The van der Waals surface area contributed by atoms with Gasteiger partial charge in [-0.1, -0.05) is 0 Å². The van der Waals surface area contributed by atoms with Gasteiger partial charge in [0, 0.05) is 25.6 Å². The van der Waals surface area contributed by atoms with E-state index in [9.17, 15) is 4.79 Å². The standard InChI is InChI=1S/C12H26N2O2/c1-11(2,3)13-8-7-10(15)14-12(4,5)9-16-6/h13H,7-9H2,1-6H3,(H,14,15). The first kappa shape index (κ1) is 15.4. The van der Waals surface area contributed by atoms with Crippen molar-refractivity contribution in [3.8, 4) is 0 Å². The molecule has 0 bridgehead atoms. The third kappa shape index (κ3) is 8.68. The summed E-state index contributed by atoms with van der Waals surface area (Å²) in [7, 11) is 1.63. The Morgan fingerprint density at radius 2 is 1.75 bits per heavy atom. The molecule has 2 N–H and O–H groups in total. The van der Waals surface area contributed by atoms with Crippen molar-refractivity contribution in [1.82, 2.24) is 10.6 Å². The first-order chi connectivity index (χ1) is 7.16. The lowest BCUT2D eigenvalue weighted by Crippen LogP contribution is -2.48. The largest absolute Gasteiger partial charge is 0.382 e. The van der Waals surface area contributed by atoms with E-state index < -0.39 is 0 Å². The van der Waals surface area contributed by atoms with Gasteiger partial charge >= 0.3 is 0 Å². The number of carbonyl (C=O) groups is 1. The molecule has 0 fully saturated rings. The summed E-state index contributed by atoms with van der Waals surface area (Å²) in [6.45, 7) is 11.4. The molecule has 0 saturated heterocycles. The van der Waals surface area contributed by atoms with Gasteiger partial charge in [-0.25, -0.2) is 0 Å². The van der Waals surface area contributed by atoms with E-state index in [4.69, 9.17) is 4.74 Å². The van der Waals surface area contributed by atoms with Gasteiger partial charge in [-0.15, -0.1) is 0 Å². The molecule has 0 aliphatic rings. The average molecular weight is 230 g/mol. The molecule has 0 aliphatic carbocycles. The number of rotatable bonds is 6. The predicted octanol–water partition coefficient (Wildman–Crippen LogP) is 1.31. The van der Waals surface area contributed by atoms with Crippen molar-refractivity contribution in [2.75, 3.05) is 20.3 Å². The fraction of sp³-hybridized carbons (Fsp3) is 0.917. The molecule has 0 unspecified atom stereocenters. The first-order valence-electron chi connectivity index (χ1n) is 5.71. The smallest absolute Gasteiger partial charge is 0.221 e. The topological polar surface area (TPSA) is 50.4 Å². The molecular weight excluding hydrogens is 204 g/mol. The zero-order valence-electron chi connectivity index (χ0n) is 11.4. The van der Waals surface area contributed by atoms with Gasteiger partial charge in [-0.05, 0) is 34.6 Å². The Morgan fingerprint density at radius 3 is 2.19 bits per heavy atom. The van der Waals surface area contributed by atoms with Crippen LogP contribution in [0.15, 0.2) is 0 Å². The van der Waals surface area contributed by atoms with Crippen LogP contribution in [0.1, 0.15) is 41.0 Å². The van der Waals surface area contributed by atoms with Crippen LogP contribution in [0.2, 0.25) is 0 Å². The molecular formula is C12H26N2O2. The second kappa shape index (κ2) is 6.21. The summed E-state index contributed by atoms with van der Waals surface area (Å²) in [5, 5.41) is 6.22. The summed E-state index contributed by atoms with van der Waals surface area (Å²) in [5.74, 6) is 0.0544. The lowest BCUT2D eigenvalue weighted by molar-refractivity contribution is -0.123. The van der Waals surface area contributed by atoms with Gasteiger partial charge in [0.15, 0.2) is 0 Å². The minimum atomic E-state index is -0.298. The second-order valence-electron chi connectivity index (χ2n) is 5.79. The van der Waals surface area contributed by atoms with E-state index >= 15 is 0 Å². The van der Waals surface area contributed by atoms with Crippen LogP contribution in [0.5, 0.6) is 0 Å². The quantitative estimate of drug-likeness (QED) is 0.723. The molecule has 0 atom stereocenters. The van der Waals surface area contributed by atoms with Gasteiger partial charge < -0.3 is 15.4 Å². The van der Waals surface area contributed by atoms with Crippen LogP contribution >= 0.6 is 0 Å². The van der Waals surface area contributed by atoms with Gasteiger partial charge in [-0.3, -0.25) is 4.79 Å². The number of hydrogen-bond acceptors (Lipinski definition) is 3. The molecule has 0 heterocycles. The highest BCUT2D eigenvalue weighted by atomic mass is 16.5. The number of hydrogen-bond donors (Lipinski definition) is 2. The summed E-state index contributed by atoms with van der Waals surface area (Å²) in [4.78, 5) is 11.6. The molecule has 4 heteroatoms. The van der Waals surface area contributed by atoms with E-state index in [2.05, 4.69) is 31.4 Å². The van der Waals surface area contributed by atoms with Crippen molar-refractivity contribution in [2.45, 2.75) is 52.1 Å². The first-order valence-corrected chi connectivity index (χ1v) is 5.71. The summed E-state index contributed by atoms with van der Waals surface area (Å²) in [6.07, 6.45) is 0.490. The van der Waals surface area contributed by atoms with Crippen LogP contribution in [-0.2, 0) is 9.53 Å². The highest BCUT2D eigenvalue weighted by Crippen LogP contribution is 2.03. The van der Waals surface area contributed by atoms with Crippen LogP contribution in [-0.4, -0.2) is 37.2 Å². The Bertz CT molecular complexity index is 220. The van der Waals surface area contributed by atoms with E-state index in [-0.39, 0.29) is 17.0 Å². The zero-order valence-corrected chi connectivity index (χ0v) is 11.4. The number of amides is 1. The van der Waals surface area contributed by atoms with E-state index in [1.165, 1.54) is 0 Å². The minimum absolute atomic E-state index is 0.0544. The monoisotopic (exact) mass is 230 g/mol. The number of carbonyl (C=O) groups excluding carboxylic acids is 1. The summed E-state index contributed by atoms with van der Waals surface area (Å²) in [5.41, 5.74) is -0.240. The van der Waals surface area contributed by atoms with E-state index in [0.29, 0.717) is 19.6 Å². The predicted molar refractivity (Wildman–Crippen MR) is 66.5 cm³/mol. The van der Waals surface area contributed by atoms with Gasteiger partial charge in [-0.2, -0.15) is 0 Å². The molecule has 0 saturated carbocycles. The Kier molecular flexibility index (Phi) is 5.97. The summed E-state index contributed by atoms with van der Waals surface area (Å²) >= 11 is 0. The Hall–Kier alpha value is -0.610. The van der Waals surface area contributed by atoms with Crippen LogP contribution < -0.4 is 10.6 Å². The molecule has 16 heavy (non-hydrogen) atoms. The molecule has 4 nitrogen and oxygen atoms in total. The van der Waals surface area contributed by atoms with E-state index in [1.807, 2.05) is 13.8 Å². The fourth-order valence-corrected chi connectivity index (χ4v) is 1.39. The zero-order chi connectivity index (χ0) is 12.8. The van der Waals surface area contributed by atoms with Gasteiger partial charge in [0.2, 0.25) is 5.91 Å². The lowest BCUT2D eigenvalue weighted by Gasteiger charge is -2.26. The van der Waals surface area contributed by atoms with Crippen LogP contribution in [0.25, 0.3) is 0 Å². The highest BCUT2D eigenvalue weighted by molar-refractivity contribution is 5.76. The Morgan fingerprint density at radius 1 is 1.19 bits per heavy atom. The molecule has 1 amide bonds. The Labute approximate surface area is 99.1 Å². The number of ether oxygens (including phenoxy) is 1. The van der Waals surface area contributed by atoms with Crippen molar-refractivity contribution in [1.29, 1.82) is 0 Å². The normalized spacial score (nSPS) is 12.6. The average Bonchev–Trinajstić information content (AvgIpc) is 1.99. The fourth-order valence-electron chi connectivity index (χ4n) is 1.39.